The molecule has 106 valence electrons. The largest absolute Gasteiger partial charge is 0.382 e. The molecule has 0 aliphatic carbocycles. The van der Waals surface area contributed by atoms with Crippen LogP contribution in [-0.2, 0) is 9.47 Å². The zero-order valence-electron chi connectivity index (χ0n) is 12.0. The third-order valence-corrected chi connectivity index (χ3v) is 2.84. The molecule has 1 aliphatic heterocycles. The topological polar surface area (TPSA) is 50.8 Å². The molecule has 1 rings (SSSR count). The summed E-state index contributed by atoms with van der Waals surface area (Å²) in [6.45, 7) is 9.55. The zero-order valence-corrected chi connectivity index (χ0v) is 12.0. The second-order valence-corrected chi connectivity index (χ2v) is 5.85. The molecule has 0 aromatic heterocycles. The van der Waals surface area contributed by atoms with Crippen molar-refractivity contribution in [1.82, 2.24) is 10.2 Å². The molecule has 0 aromatic carbocycles. The molecule has 2 amide bonds. The molecule has 1 unspecified atom stereocenters. The number of hydrogen-bond donors (Lipinski definition) is 1. The van der Waals surface area contributed by atoms with E-state index in [9.17, 15) is 4.79 Å². The average Bonchev–Trinajstić information content (AvgIpc) is 2.71. The Morgan fingerprint density at radius 2 is 2.11 bits per heavy atom. The highest BCUT2D eigenvalue weighted by atomic mass is 16.5. The number of ether oxygens (including phenoxy) is 2. The van der Waals surface area contributed by atoms with Crippen LogP contribution in [0.15, 0.2) is 0 Å². The van der Waals surface area contributed by atoms with Crippen molar-refractivity contribution in [3.05, 3.63) is 0 Å². The Bertz CT molecular complexity index is 263. The van der Waals surface area contributed by atoms with Crippen LogP contribution >= 0.6 is 0 Å². The SMILES string of the molecule is COCCOCC1CCN(C(=O)NC(C)(C)C)C1. The van der Waals surface area contributed by atoms with Gasteiger partial charge in [-0.05, 0) is 27.2 Å². The van der Waals surface area contributed by atoms with Crippen LogP contribution in [0.2, 0.25) is 0 Å². The summed E-state index contributed by atoms with van der Waals surface area (Å²) < 4.78 is 10.4. The average molecular weight is 258 g/mol. The standard InChI is InChI=1S/C13H26N2O3/c1-13(2,3)14-12(16)15-6-5-11(9-15)10-18-8-7-17-4/h11H,5-10H2,1-4H3,(H,14,16). The van der Waals surface area contributed by atoms with Crippen LogP contribution in [0.3, 0.4) is 0 Å². The van der Waals surface area contributed by atoms with Crippen molar-refractivity contribution in [1.29, 1.82) is 0 Å². The minimum Gasteiger partial charge on any atom is -0.382 e. The Balaban J connectivity index is 2.22. The zero-order chi connectivity index (χ0) is 13.6. The number of methoxy groups -OCH3 is 1. The van der Waals surface area contributed by atoms with Crippen LogP contribution in [0.1, 0.15) is 27.2 Å². The molecular weight excluding hydrogens is 232 g/mol. The van der Waals surface area contributed by atoms with E-state index in [1.807, 2.05) is 25.7 Å². The lowest BCUT2D eigenvalue weighted by molar-refractivity contribution is 0.0532. The lowest BCUT2D eigenvalue weighted by atomic mass is 10.1. The second kappa shape index (κ2) is 6.95. The Hall–Kier alpha value is -0.810. The summed E-state index contributed by atoms with van der Waals surface area (Å²) in [6.07, 6.45) is 1.02. The molecule has 0 spiro atoms. The van der Waals surface area contributed by atoms with Crippen LogP contribution in [0.5, 0.6) is 0 Å². The highest BCUT2D eigenvalue weighted by molar-refractivity contribution is 5.75. The number of amides is 2. The van der Waals surface area contributed by atoms with Crippen molar-refractivity contribution < 1.29 is 14.3 Å². The molecule has 1 heterocycles. The normalized spacial score (nSPS) is 20.2. The van der Waals surface area contributed by atoms with E-state index in [2.05, 4.69) is 5.32 Å². The highest BCUT2D eigenvalue weighted by Gasteiger charge is 2.28. The molecule has 0 radical (unpaired) electrons. The van der Waals surface area contributed by atoms with Gasteiger partial charge in [0.1, 0.15) is 0 Å². The fourth-order valence-electron chi connectivity index (χ4n) is 1.95. The van der Waals surface area contributed by atoms with Gasteiger partial charge in [-0.15, -0.1) is 0 Å². The summed E-state index contributed by atoms with van der Waals surface area (Å²) >= 11 is 0. The first-order valence-corrected chi connectivity index (χ1v) is 6.56. The molecule has 1 N–H and O–H groups in total. The molecule has 1 atom stereocenters. The molecule has 1 aliphatic rings. The number of nitrogens with one attached hydrogen (secondary N) is 1. The van der Waals surface area contributed by atoms with Gasteiger partial charge in [0, 0.05) is 31.7 Å². The second-order valence-electron chi connectivity index (χ2n) is 5.85. The number of carbonyl (C=O) groups excluding carboxylic acids is 1. The van der Waals surface area contributed by atoms with E-state index >= 15 is 0 Å². The van der Waals surface area contributed by atoms with Gasteiger partial charge < -0.3 is 19.7 Å². The number of carbonyl (C=O) groups is 1. The van der Waals surface area contributed by atoms with Gasteiger partial charge in [0.2, 0.25) is 0 Å². The summed E-state index contributed by atoms with van der Waals surface area (Å²) in [5, 5.41) is 2.98. The van der Waals surface area contributed by atoms with Crippen LogP contribution in [0.25, 0.3) is 0 Å². The number of likely N-dealkylation sites (tertiary alicyclic amines) is 1. The molecule has 5 nitrogen and oxygen atoms in total. The molecule has 1 fully saturated rings. The monoisotopic (exact) mass is 258 g/mol. The third kappa shape index (κ3) is 5.69. The maximum Gasteiger partial charge on any atom is 0.317 e. The summed E-state index contributed by atoms with van der Waals surface area (Å²) in [6, 6.07) is 0.0295. The van der Waals surface area contributed by atoms with Gasteiger partial charge in [0.15, 0.2) is 0 Å². The van der Waals surface area contributed by atoms with E-state index in [1.165, 1.54) is 0 Å². The fourth-order valence-corrected chi connectivity index (χ4v) is 1.95. The maximum atomic E-state index is 11.9. The summed E-state index contributed by atoms with van der Waals surface area (Å²) in [5.74, 6) is 0.451. The van der Waals surface area contributed by atoms with Crippen molar-refractivity contribution >= 4 is 6.03 Å². The van der Waals surface area contributed by atoms with Gasteiger partial charge in [0.25, 0.3) is 0 Å². The van der Waals surface area contributed by atoms with Crippen LogP contribution in [0.4, 0.5) is 4.79 Å². The predicted molar refractivity (Wildman–Crippen MR) is 70.7 cm³/mol. The first-order valence-electron chi connectivity index (χ1n) is 6.56. The van der Waals surface area contributed by atoms with E-state index in [1.54, 1.807) is 7.11 Å². The van der Waals surface area contributed by atoms with E-state index < -0.39 is 0 Å². The van der Waals surface area contributed by atoms with Crippen LogP contribution < -0.4 is 5.32 Å². The Morgan fingerprint density at radius 3 is 2.72 bits per heavy atom. The van der Waals surface area contributed by atoms with Gasteiger partial charge in [0.05, 0.1) is 19.8 Å². The van der Waals surface area contributed by atoms with E-state index in [4.69, 9.17) is 9.47 Å². The Kier molecular flexibility index (Phi) is 5.88. The molecule has 5 heteroatoms. The Labute approximate surface area is 110 Å². The van der Waals surface area contributed by atoms with Crippen molar-refractivity contribution in [3.8, 4) is 0 Å². The van der Waals surface area contributed by atoms with Gasteiger partial charge in [-0.2, -0.15) is 0 Å². The van der Waals surface area contributed by atoms with Gasteiger partial charge >= 0.3 is 6.03 Å². The lowest BCUT2D eigenvalue weighted by Crippen LogP contribution is -2.47. The molecule has 0 aromatic rings. The summed E-state index contributed by atoms with van der Waals surface area (Å²) in [7, 11) is 1.66. The number of hydrogen-bond acceptors (Lipinski definition) is 3. The lowest BCUT2D eigenvalue weighted by Gasteiger charge is -2.25. The summed E-state index contributed by atoms with van der Waals surface area (Å²) in [4.78, 5) is 13.8. The fraction of sp³-hybridized carbons (Fsp3) is 0.923. The molecule has 18 heavy (non-hydrogen) atoms. The van der Waals surface area contributed by atoms with Crippen molar-refractivity contribution in [2.75, 3.05) is 40.0 Å². The first kappa shape index (κ1) is 15.2. The van der Waals surface area contributed by atoms with Gasteiger partial charge in [-0.3, -0.25) is 0 Å². The predicted octanol–water partition coefficient (Wildman–Crippen LogP) is 1.48. The van der Waals surface area contributed by atoms with Crippen LogP contribution in [0, 0.1) is 5.92 Å². The number of rotatable bonds is 5. The Morgan fingerprint density at radius 1 is 1.39 bits per heavy atom. The maximum absolute atomic E-state index is 11.9. The quantitative estimate of drug-likeness (QED) is 0.760. The third-order valence-electron chi connectivity index (χ3n) is 2.84. The highest BCUT2D eigenvalue weighted by Crippen LogP contribution is 2.17. The van der Waals surface area contributed by atoms with Crippen molar-refractivity contribution in [3.63, 3.8) is 0 Å². The first-order chi connectivity index (χ1) is 8.42. The van der Waals surface area contributed by atoms with Gasteiger partial charge in [-0.1, -0.05) is 0 Å². The summed E-state index contributed by atoms with van der Waals surface area (Å²) in [5.41, 5.74) is -0.176. The van der Waals surface area contributed by atoms with Crippen LogP contribution in [-0.4, -0.2) is 56.5 Å². The van der Waals surface area contributed by atoms with E-state index in [0.717, 1.165) is 19.5 Å². The smallest absolute Gasteiger partial charge is 0.317 e. The minimum atomic E-state index is -0.176. The minimum absolute atomic E-state index is 0.0295. The van der Waals surface area contributed by atoms with Crippen molar-refractivity contribution in [2.24, 2.45) is 5.92 Å². The molecule has 1 saturated heterocycles. The van der Waals surface area contributed by atoms with E-state index in [0.29, 0.717) is 25.7 Å². The molecular formula is C13H26N2O3. The molecule has 0 saturated carbocycles. The molecule has 0 bridgehead atoms. The number of nitrogens with zero attached hydrogens (tertiary/aromatic N) is 1. The van der Waals surface area contributed by atoms with Crippen molar-refractivity contribution in [2.45, 2.75) is 32.7 Å². The van der Waals surface area contributed by atoms with Gasteiger partial charge in [-0.25, -0.2) is 4.79 Å². The number of urea groups is 1. The van der Waals surface area contributed by atoms with E-state index in [-0.39, 0.29) is 11.6 Å².